The summed E-state index contributed by atoms with van der Waals surface area (Å²) in [6.07, 6.45) is 5.34. The molecule has 170 valence electrons. The van der Waals surface area contributed by atoms with Gasteiger partial charge in [-0.15, -0.1) is 0 Å². The van der Waals surface area contributed by atoms with Gasteiger partial charge >= 0.3 is 0 Å². The summed E-state index contributed by atoms with van der Waals surface area (Å²) in [6.45, 7) is 0.984. The predicted octanol–water partition coefficient (Wildman–Crippen LogP) is 7.36. The van der Waals surface area contributed by atoms with E-state index in [1.165, 1.54) is 0 Å². The van der Waals surface area contributed by atoms with E-state index in [4.69, 9.17) is 58.6 Å². The number of nitrogens with zero attached hydrogens (tertiary/aromatic N) is 4. The Kier molecular flexibility index (Phi) is 7.83. The van der Waals surface area contributed by atoms with Gasteiger partial charge in [0.1, 0.15) is 0 Å². The van der Waals surface area contributed by atoms with Crippen molar-refractivity contribution in [1.29, 1.82) is 0 Å². The van der Waals surface area contributed by atoms with Crippen LogP contribution in [-0.4, -0.2) is 24.7 Å². The number of rotatable bonds is 6. The molecule has 2 N–H and O–H groups in total. The topological polar surface area (TPSA) is 59.7 Å². The molecule has 0 aliphatic rings. The maximum atomic E-state index is 6.26. The van der Waals surface area contributed by atoms with Gasteiger partial charge in [-0.2, -0.15) is 10.2 Å². The maximum Gasteiger partial charge on any atom is 0.176 e. The number of halogens is 5. The first-order valence-corrected chi connectivity index (χ1v) is 12.2. The molecule has 0 fully saturated rings. The Labute approximate surface area is 223 Å². The molecule has 0 saturated heterocycles. The van der Waals surface area contributed by atoms with Gasteiger partial charge in [0, 0.05) is 32.5 Å². The molecule has 33 heavy (non-hydrogen) atoms. The quantitative estimate of drug-likeness (QED) is 0.225. The minimum absolute atomic E-state index is 0.370. The van der Waals surface area contributed by atoms with Crippen molar-refractivity contribution in [2.75, 3.05) is 10.6 Å². The van der Waals surface area contributed by atoms with Gasteiger partial charge in [0.2, 0.25) is 0 Å². The Morgan fingerprint density at radius 2 is 1.48 bits per heavy atom. The Bertz CT molecular complexity index is 1320. The van der Waals surface area contributed by atoms with Crippen molar-refractivity contribution in [2.24, 2.45) is 0 Å². The fourth-order valence-corrected chi connectivity index (χ4v) is 4.56. The lowest BCUT2D eigenvalue weighted by Crippen LogP contribution is -2.19. The predicted molar refractivity (Wildman–Crippen MR) is 143 cm³/mol. The van der Waals surface area contributed by atoms with Crippen molar-refractivity contribution in [3.8, 4) is 0 Å². The second-order valence-corrected chi connectivity index (χ2v) is 9.95. The highest BCUT2D eigenvalue weighted by atomic mass is 79.9. The Balaban J connectivity index is 1.37. The van der Waals surface area contributed by atoms with E-state index in [0.29, 0.717) is 44.1 Å². The molecule has 6 nitrogen and oxygen atoms in total. The number of hydrogen-bond donors (Lipinski definition) is 2. The van der Waals surface area contributed by atoms with Crippen molar-refractivity contribution in [3.05, 3.63) is 90.7 Å². The Morgan fingerprint density at radius 1 is 0.879 bits per heavy atom. The van der Waals surface area contributed by atoms with Crippen LogP contribution in [0.15, 0.2) is 59.5 Å². The minimum Gasteiger partial charge on any atom is -0.330 e. The van der Waals surface area contributed by atoms with E-state index in [1.807, 2.05) is 24.5 Å². The lowest BCUT2D eigenvalue weighted by molar-refractivity contribution is 0.687. The third-order valence-corrected chi connectivity index (χ3v) is 6.49. The maximum absolute atomic E-state index is 6.26. The van der Waals surface area contributed by atoms with Gasteiger partial charge in [0.15, 0.2) is 10.9 Å². The zero-order valence-electron chi connectivity index (χ0n) is 16.7. The molecular weight excluding hydrogens is 590 g/mol. The van der Waals surface area contributed by atoms with E-state index in [2.05, 4.69) is 36.8 Å². The van der Waals surface area contributed by atoms with Crippen LogP contribution < -0.4 is 10.6 Å². The molecule has 2 aromatic carbocycles. The second kappa shape index (κ2) is 10.6. The lowest BCUT2D eigenvalue weighted by atomic mass is 10.2. The number of benzene rings is 2. The van der Waals surface area contributed by atoms with Crippen LogP contribution >= 0.6 is 74.6 Å². The van der Waals surface area contributed by atoms with Crippen molar-refractivity contribution < 1.29 is 0 Å². The zero-order chi connectivity index (χ0) is 23.5. The van der Waals surface area contributed by atoms with Crippen LogP contribution in [-0.2, 0) is 13.1 Å². The normalized spacial score (nSPS) is 10.9. The SMILES string of the molecule is S=C(Nc1cnn(Cc2ccc(Cl)cc2Cl)c1)Nc1nn(Cc2ccc(Cl)cc2Cl)cc1Br. The zero-order valence-corrected chi connectivity index (χ0v) is 22.1. The Hall–Kier alpha value is -1.81. The van der Waals surface area contributed by atoms with Gasteiger partial charge in [-0.25, -0.2) is 0 Å². The van der Waals surface area contributed by atoms with Crippen molar-refractivity contribution >= 4 is 91.2 Å². The first kappa shape index (κ1) is 24.3. The summed E-state index contributed by atoms with van der Waals surface area (Å²) in [4.78, 5) is 0. The van der Waals surface area contributed by atoms with E-state index >= 15 is 0 Å². The molecule has 4 rings (SSSR count). The molecule has 2 heterocycles. The summed E-state index contributed by atoms with van der Waals surface area (Å²) in [5.74, 6) is 0.568. The van der Waals surface area contributed by atoms with Gasteiger partial charge in [0.25, 0.3) is 0 Å². The van der Waals surface area contributed by atoms with Crippen molar-refractivity contribution in [1.82, 2.24) is 19.6 Å². The highest BCUT2D eigenvalue weighted by Gasteiger charge is 2.11. The molecule has 0 spiro atoms. The monoisotopic (exact) mass is 602 g/mol. The van der Waals surface area contributed by atoms with Gasteiger partial charge in [-0.05, 0) is 63.5 Å². The highest BCUT2D eigenvalue weighted by molar-refractivity contribution is 9.10. The lowest BCUT2D eigenvalue weighted by Gasteiger charge is -2.08. The summed E-state index contributed by atoms with van der Waals surface area (Å²) >= 11 is 33.4. The first-order valence-electron chi connectivity index (χ1n) is 9.48. The summed E-state index contributed by atoms with van der Waals surface area (Å²) < 4.78 is 4.25. The van der Waals surface area contributed by atoms with Gasteiger partial charge in [0.05, 0.1) is 29.4 Å². The van der Waals surface area contributed by atoms with E-state index in [-0.39, 0.29) is 0 Å². The van der Waals surface area contributed by atoms with Crippen LogP contribution in [0.1, 0.15) is 11.1 Å². The van der Waals surface area contributed by atoms with Crippen LogP contribution in [0.4, 0.5) is 11.5 Å². The molecule has 12 heteroatoms. The Morgan fingerprint density at radius 3 is 2.09 bits per heavy atom. The van der Waals surface area contributed by atoms with Gasteiger partial charge < -0.3 is 10.6 Å². The number of hydrogen-bond acceptors (Lipinski definition) is 3. The van der Waals surface area contributed by atoms with E-state index in [9.17, 15) is 0 Å². The van der Waals surface area contributed by atoms with Crippen LogP contribution in [0.3, 0.4) is 0 Å². The van der Waals surface area contributed by atoms with E-state index in [0.717, 1.165) is 21.3 Å². The van der Waals surface area contributed by atoms with Crippen LogP contribution in [0.5, 0.6) is 0 Å². The van der Waals surface area contributed by atoms with E-state index in [1.54, 1.807) is 39.8 Å². The molecule has 4 aromatic rings. The smallest absolute Gasteiger partial charge is 0.176 e. The number of anilines is 2. The van der Waals surface area contributed by atoms with Crippen LogP contribution in [0.25, 0.3) is 0 Å². The molecule has 0 unspecified atom stereocenters. The summed E-state index contributed by atoms with van der Waals surface area (Å²) in [6, 6.07) is 10.7. The van der Waals surface area contributed by atoms with Crippen molar-refractivity contribution in [2.45, 2.75) is 13.1 Å². The fourth-order valence-electron chi connectivity index (χ4n) is 3.00. The standard InChI is InChI=1S/C21H15BrCl4N6S/c22-17-11-32(9-13-2-4-15(24)6-19(13)26)30-20(17)29-21(33)28-16-7-27-31(10-16)8-12-1-3-14(23)5-18(12)25/h1-7,10-11H,8-9H2,(H2,28,29,30,33). The van der Waals surface area contributed by atoms with Crippen LogP contribution in [0.2, 0.25) is 20.1 Å². The van der Waals surface area contributed by atoms with Crippen molar-refractivity contribution in [3.63, 3.8) is 0 Å². The van der Waals surface area contributed by atoms with E-state index < -0.39 is 0 Å². The molecule has 0 radical (unpaired) electrons. The average molecular weight is 605 g/mol. The number of aromatic nitrogens is 4. The molecule has 0 atom stereocenters. The number of thiocarbonyl (C=S) groups is 1. The second-order valence-electron chi connectivity index (χ2n) is 7.00. The third-order valence-electron chi connectivity index (χ3n) is 4.53. The highest BCUT2D eigenvalue weighted by Crippen LogP contribution is 2.25. The third kappa shape index (κ3) is 6.41. The summed E-state index contributed by atoms with van der Waals surface area (Å²) in [5.41, 5.74) is 2.53. The van der Waals surface area contributed by atoms with Gasteiger partial charge in [-0.1, -0.05) is 58.5 Å². The first-order chi connectivity index (χ1) is 15.8. The minimum atomic E-state index is 0.370. The van der Waals surface area contributed by atoms with Crippen LogP contribution in [0, 0.1) is 0 Å². The molecule has 0 amide bonds. The molecule has 0 saturated carbocycles. The molecule has 2 aromatic heterocycles. The molecule has 0 aliphatic heterocycles. The summed E-state index contributed by atoms with van der Waals surface area (Å²) in [7, 11) is 0. The largest absolute Gasteiger partial charge is 0.330 e. The molecular formula is C21H15BrCl4N6S. The summed E-state index contributed by atoms with van der Waals surface area (Å²) in [5, 5.41) is 17.8. The molecule has 0 bridgehead atoms. The van der Waals surface area contributed by atoms with Gasteiger partial charge in [-0.3, -0.25) is 9.36 Å². The molecule has 0 aliphatic carbocycles. The average Bonchev–Trinajstić information content (AvgIpc) is 3.32. The fraction of sp³-hybridized carbons (Fsp3) is 0.0952. The number of nitrogens with one attached hydrogen (secondary N) is 2.